The molecule has 8 nitrogen and oxygen atoms in total. The number of amides is 3. The average Bonchev–Trinajstić information content (AvgIpc) is 3.03. The van der Waals surface area contributed by atoms with Gasteiger partial charge in [0.1, 0.15) is 0 Å². The van der Waals surface area contributed by atoms with Crippen LogP contribution >= 0.6 is 0 Å². The monoisotopic (exact) mass is 365 g/mol. The minimum absolute atomic E-state index is 0.0404. The van der Waals surface area contributed by atoms with Gasteiger partial charge in [-0.25, -0.2) is 4.79 Å². The standard InChI is InChI=1S/C18H31N5O3/c1-12(2)16-21-17(26-22-16)14-6-5-10-23(18(25)20-13(3)4)11-8-15(24)19-9-7-14/h12-14H,5-11H2,1-4H3,(H,19,24)(H,20,25). The van der Waals surface area contributed by atoms with Crippen molar-refractivity contribution in [1.82, 2.24) is 25.7 Å². The summed E-state index contributed by atoms with van der Waals surface area (Å²) in [5, 5.41) is 9.87. The third-order valence-electron chi connectivity index (χ3n) is 4.43. The maximum Gasteiger partial charge on any atom is 0.317 e. The number of aromatic nitrogens is 2. The zero-order valence-corrected chi connectivity index (χ0v) is 16.2. The van der Waals surface area contributed by atoms with E-state index in [0.29, 0.717) is 37.8 Å². The summed E-state index contributed by atoms with van der Waals surface area (Å²) in [5.41, 5.74) is 0. The number of nitrogens with one attached hydrogen (secondary N) is 2. The van der Waals surface area contributed by atoms with Crippen LogP contribution in [-0.2, 0) is 4.79 Å². The fraction of sp³-hybridized carbons (Fsp3) is 0.778. The topological polar surface area (TPSA) is 100 Å². The van der Waals surface area contributed by atoms with Crippen LogP contribution in [0.1, 0.15) is 76.9 Å². The second kappa shape index (κ2) is 9.54. The van der Waals surface area contributed by atoms with Gasteiger partial charge in [0.15, 0.2) is 5.82 Å². The Balaban J connectivity index is 2.05. The fourth-order valence-electron chi connectivity index (χ4n) is 2.93. The third kappa shape index (κ3) is 6.00. The highest BCUT2D eigenvalue weighted by molar-refractivity contribution is 5.78. The van der Waals surface area contributed by atoms with E-state index in [1.807, 2.05) is 27.7 Å². The van der Waals surface area contributed by atoms with Crippen LogP contribution in [0.2, 0.25) is 0 Å². The molecule has 0 spiro atoms. The van der Waals surface area contributed by atoms with E-state index < -0.39 is 0 Å². The van der Waals surface area contributed by atoms with Crippen molar-refractivity contribution >= 4 is 11.9 Å². The van der Waals surface area contributed by atoms with E-state index in [1.165, 1.54) is 0 Å². The number of rotatable bonds is 3. The Morgan fingerprint density at radius 3 is 2.69 bits per heavy atom. The number of hydrogen-bond acceptors (Lipinski definition) is 5. The van der Waals surface area contributed by atoms with Crippen LogP contribution < -0.4 is 10.6 Å². The van der Waals surface area contributed by atoms with Gasteiger partial charge in [0.05, 0.1) is 0 Å². The van der Waals surface area contributed by atoms with Crippen LogP contribution in [-0.4, -0.2) is 52.7 Å². The number of urea groups is 1. The van der Waals surface area contributed by atoms with Gasteiger partial charge in [0, 0.05) is 43.9 Å². The molecule has 8 heteroatoms. The number of carbonyl (C=O) groups is 2. The molecule has 0 aliphatic carbocycles. The van der Waals surface area contributed by atoms with E-state index in [1.54, 1.807) is 4.90 Å². The van der Waals surface area contributed by atoms with Crippen LogP contribution in [0, 0.1) is 0 Å². The van der Waals surface area contributed by atoms with Gasteiger partial charge in [0.2, 0.25) is 11.8 Å². The molecule has 1 unspecified atom stereocenters. The van der Waals surface area contributed by atoms with Crippen LogP contribution in [0.5, 0.6) is 0 Å². The lowest BCUT2D eigenvalue weighted by atomic mass is 9.99. The number of carbonyl (C=O) groups excluding carboxylic acids is 2. The molecule has 1 saturated heterocycles. The Bertz CT molecular complexity index is 599. The molecule has 0 saturated carbocycles. The van der Waals surface area contributed by atoms with Crippen LogP contribution in [0.15, 0.2) is 4.52 Å². The Kier molecular flexibility index (Phi) is 7.41. The highest BCUT2D eigenvalue weighted by Crippen LogP contribution is 2.25. The predicted octanol–water partition coefficient (Wildman–Crippen LogP) is 2.39. The van der Waals surface area contributed by atoms with Crippen LogP contribution in [0.3, 0.4) is 0 Å². The van der Waals surface area contributed by atoms with Gasteiger partial charge in [-0.2, -0.15) is 4.98 Å². The molecule has 0 aromatic carbocycles. The Morgan fingerprint density at radius 2 is 2.04 bits per heavy atom. The molecule has 1 aliphatic rings. The third-order valence-corrected chi connectivity index (χ3v) is 4.43. The highest BCUT2D eigenvalue weighted by atomic mass is 16.5. The van der Waals surface area contributed by atoms with Crippen molar-refractivity contribution in [1.29, 1.82) is 0 Å². The first-order valence-electron chi connectivity index (χ1n) is 9.52. The lowest BCUT2D eigenvalue weighted by Gasteiger charge is -2.24. The van der Waals surface area contributed by atoms with Crippen LogP contribution in [0.4, 0.5) is 4.79 Å². The molecular weight excluding hydrogens is 334 g/mol. The quantitative estimate of drug-likeness (QED) is 0.856. The van der Waals surface area contributed by atoms with E-state index in [0.717, 1.165) is 19.3 Å². The molecule has 0 bridgehead atoms. The van der Waals surface area contributed by atoms with E-state index in [2.05, 4.69) is 20.8 Å². The lowest BCUT2D eigenvalue weighted by Crippen LogP contribution is -2.44. The molecule has 1 atom stereocenters. The van der Waals surface area contributed by atoms with Crippen molar-refractivity contribution in [3.8, 4) is 0 Å². The van der Waals surface area contributed by atoms with Gasteiger partial charge in [-0.3, -0.25) is 4.79 Å². The predicted molar refractivity (Wildman–Crippen MR) is 97.8 cm³/mol. The van der Waals surface area contributed by atoms with Gasteiger partial charge in [-0.05, 0) is 33.1 Å². The normalized spacial score (nSPS) is 20.0. The Hall–Kier alpha value is -2.12. The van der Waals surface area contributed by atoms with E-state index in [9.17, 15) is 9.59 Å². The molecule has 146 valence electrons. The summed E-state index contributed by atoms with van der Waals surface area (Å²) in [5.74, 6) is 1.59. The zero-order chi connectivity index (χ0) is 19.1. The Morgan fingerprint density at radius 1 is 1.27 bits per heavy atom. The van der Waals surface area contributed by atoms with Gasteiger partial charge in [0.25, 0.3) is 0 Å². The molecule has 1 aliphatic heterocycles. The first kappa shape index (κ1) is 20.2. The largest absolute Gasteiger partial charge is 0.356 e. The van der Waals surface area contributed by atoms with Gasteiger partial charge >= 0.3 is 6.03 Å². The molecular formula is C18H31N5O3. The maximum atomic E-state index is 12.3. The van der Waals surface area contributed by atoms with Gasteiger partial charge < -0.3 is 20.1 Å². The lowest BCUT2D eigenvalue weighted by molar-refractivity contribution is -0.121. The summed E-state index contributed by atoms with van der Waals surface area (Å²) < 4.78 is 5.45. The minimum atomic E-state index is -0.122. The van der Waals surface area contributed by atoms with E-state index >= 15 is 0 Å². The SMILES string of the molecule is CC(C)NC(=O)N1CCCC(c2nc(C(C)C)no2)CCNC(=O)CC1. The highest BCUT2D eigenvalue weighted by Gasteiger charge is 2.23. The summed E-state index contributed by atoms with van der Waals surface area (Å²) >= 11 is 0. The fourth-order valence-corrected chi connectivity index (χ4v) is 2.93. The molecule has 2 N–H and O–H groups in total. The second-order valence-electron chi connectivity index (χ2n) is 7.46. The van der Waals surface area contributed by atoms with Crippen molar-refractivity contribution in [3.63, 3.8) is 0 Å². The summed E-state index contributed by atoms with van der Waals surface area (Å²) in [6, 6.07) is -0.0569. The van der Waals surface area contributed by atoms with Crippen molar-refractivity contribution in [2.45, 2.75) is 71.3 Å². The molecule has 1 aromatic rings. The Labute approximate surface area is 155 Å². The first-order chi connectivity index (χ1) is 12.4. The minimum Gasteiger partial charge on any atom is -0.356 e. The first-order valence-corrected chi connectivity index (χ1v) is 9.52. The molecule has 26 heavy (non-hydrogen) atoms. The smallest absolute Gasteiger partial charge is 0.317 e. The number of hydrogen-bond donors (Lipinski definition) is 2. The van der Waals surface area contributed by atoms with Crippen molar-refractivity contribution in [2.75, 3.05) is 19.6 Å². The molecule has 1 aromatic heterocycles. The summed E-state index contributed by atoms with van der Waals surface area (Å²) in [7, 11) is 0. The molecule has 1 fully saturated rings. The van der Waals surface area contributed by atoms with E-state index in [4.69, 9.17) is 4.52 Å². The maximum absolute atomic E-state index is 12.3. The van der Waals surface area contributed by atoms with Crippen molar-refractivity contribution in [2.24, 2.45) is 0 Å². The molecule has 0 radical (unpaired) electrons. The molecule has 2 heterocycles. The summed E-state index contributed by atoms with van der Waals surface area (Å²) in [6.45, 7) is 9.50. The average molecular weight is 365 g/mol. The summed E-state index contributed by atoms with van der Waals surface area (Å²) in [4.78, 5) is 30.6. The summed E-state index contributed by atoms with van der Waals surface area (Å²) in [6.07, 6.45) is 2.72. The van der Waals surface area contributed by atoms with Crippen molar-refractivity contribution < 1.29 is 14.1 Å². The molecule has 2 rings (SSSR count). The molecule has 3 amide bonds. The zero-order valence-electron chi connectivity index (χ0n) is 16.2. The van der Waals surface area contributed by atoms with Gasteiger partial charge in [-0.1, -0.05) is 19.0 Å². The second-order valence-corrected chi connectivity index (χ2v) is 7.46. The van der Waals surface area contributed by atoms with E-state index in [-0.39, 0.29) is 29.8 Å². The van der Waals surface area contributed by atoms with Crippen LogP contribution in [0.25, 0.3) is 0 Å². The van der Waals surface area contributed by atoms with Crippen molar-refractivity contribution in [3.05, 3.63) is 11.7 Å². The van der Waals surface area contributed by atoms with Gasteiger partial charge in [-0.15, -0.1) is 0 Å². The number of nitrogens with zero attached hydrogens (tertiary/aromatic N) is 3.